The number of ether oxygens (including phenoxy) is 1. The highest BCUT2D eigenvalue weighted by Crippen LogP contribution is 2.26. The molecular formula is C21H24N2O5S. The van der Waals surface area contributed by atoms with Crippen LogP contribution >= 0.6 is 0 Å². The van der Waals surface area contributed by atoms with Crippen LogP contribution in [0.25, 0.3) is 0 Å². The standard InChI is InChI=1S/C21H24N2O5S/c1-28-17-8-5-6-15(12-17)13-22-20(24)19(10-11-29(2,26)27)23-14-16-7-3-4-9-18(16)21(23)25/h3-9,12,19H,10-11,13-14H2,1-2H3,(H,22,24). The van der Waals surface area contributed by atoms with Gasteiger partial charge in [0.25, 0.3) is 5.91 Å². The van der Waals surface area contributed by atoms with Gasteiger partial charge in [0.2, 0.25) is 5.91 Å². The van der Waals surface area contributed by atoms with Gasteiger partial charge in [0, 0.05) is 24.9 Å². The van der Waals surface area contributed by atoms with Gasteiger partial charge in [-0.2, -0.15) is 0 Å². The molecule has 8 heteroatoms. The molecule has 2 aromatic carbocycles. The number of sulfone groups is 1. The molecule has 0 saturated heterocycles. The van der Waals surface area contributed by atoms with Crippen LogP contribution in [-0.4, -0.2) is 50.3 Å². The number of nitrogens with one attached hydrogen (secondary N) is 1. The van der Waals surface area contributed by atoms with Gasteiger partial charge in [-0.05, 0) is 35.7 Å². The summed E-state index contributed by atoms with van der Waals surface area (Å²) in [7, 11) is -1.71. The maximum atomic E-state index is 12.9. The molecule has 0 saturated carbocycles. The van der Waals surface area contributed by atoms with Gasteiger partial charge in [0.1, 0.15) is 21.6 Å². The molecule has 1 N–H and O–H groups in total. The molecule has 1 atom stereocenters. The molecule has 1 aliphatic heterocycles. The van der Waals surface area contributed by atoms with E-state index in [1.54, 1.807) is 25.3 Å². The zero-order valence-corrected chi connectivity index (χ0v) is 17.2. The quantitative estimate of drug-likeness (QED) is 0.708. The van der Waals surface area contributed by atoms with E-state index in [0.717, 1.165) is 17.4 Å². The Morgan fingerprint density at radius 3 is 2.66 bits per heavy atom. The van der Waals surface area contributed by atoms with Gasteiger partial charge >= 0.3 is 0 Å². The van der Waals surface area contributed by atoms with Gasteiger partial charge in [-0.3, -0.25) is 9.59 Å². The minimum Gasteiger partial charge on any atom is -0.497 e. The Balaban J connectivity index is 1.76. The predicted octanol–water partition coefficient (Wildman–Crippen LogP) is 1.77. The highest BCUT2D eigenvalue weighted by molar-refractivity contribution is 7.90. The van der Waals surface area contributed by atoms with E-state index in [2.05, 4.69) is 5.32 Å². The van der Waals surface area contributed by atoms with E-state index in [0.29, 0.717) is 11.3 Å². The number of methoxy groups -OCH3 is 1. The molecule has 29 heavy (non-hydrogen) atoms. The Morgan fingerprint density at radius 2 is 1.97 bits per heavy atom. The second-order valence-corrected chi connectivity index (χ2v) is 9.35. The summed E-state index contributed by atoms with van der Waals surface area (Å²) in [6.07, 6.45) is 1.17. The largest absolute Gasteiger partial charge is 0.497 e. The number of nitrogens with zero attached hydrogens (tertiary/aromatic N) is 1. The highest BCUT2D eigenvalue weighted by Gasteiger charge is 2.36. The number of hydrogen-bond donors (Lipinski definition) is 1. The summed E-state index contributed by atoms with van der Waals surface area (Å²) < 4.78 is 28.5. The maximum absolute atomic E-state index is 12.9. The number of carbonyl (C=O) groups is 2. The van der Waals surface area contributed by atoms with Crippen LogP contribution in [-0.2, 0) is 27.7 Å². The number of benzene rings is 2. The predicted molar refractivity (Wildman–Crippen MR) is 109 cm³/mol. The van der Waals surface area contributed by atoms with Gasteiger partial charge in [0.15, 0.2) is 0 Å². The lowest BCUT2D eigenvalue weighted by Crippen LogP contribution is -2.47. The third kappa shape index (κ3) is 5.14. The van der Waals surface area contributed by atoms with Gasteiger partial charge in [-0.25, -0.2) is 8.42 Å². The molecule has 3 rings (SSSR count). The summed E-state index contributed by atoms with van der Waals surface area (Å²) >= 11 is 0. The fraction of sp³-hybridized carbons (Fsp3) is 0.333. The first-order valence-corrected chi connectivity index (χ1v) is 11.3. The average molecular weight is 416 g/mol. The van der Waals surface area contributed by atoms with E-state index in [1.807, 2.05) is 30.3 Å². The Kier molecular flexibility index (Phi) is 6.22. The van der Waals surface area contributed by atoms with Gasteiger partial charge in [-0.1, -0.05) is 30.3 Å². The van der Waals surface area contributed by atoms with Gasteiger partial charge < -0.3 is 15.0 Å². The fourth-order valence-corrected chi connectivity index (χ4v) is 4.02. The molecule has 0 bridgehead atoms. The maximum Gasteiger partial charge on any atom is 0.255 e. The molecule has 1 aliphatic rings. The first kappa shape index (κ1) is 20.9. The summed E-state index contributed by atoms with van der Waals surface area (Å²) in [5.41, 5.74) is 2.23. The fourth-order valence-electron chi connectivity index (χ4n) is 3.37. The second kappa shape index (κ2) is 8.65. The van der Waals surface area contributed by atoms with E-state index >= 15 is 0 Å². The normalized spacial score (nSPS) is 14.4. The second-order valence-electron chi connectivity index (χ2n) is 7.09. The molecule has 1 heterocycles. The average Bonchev–Trinajstić information content (AvgIpc) is 3.02. The van der Waals surface area contributed by atoms with Gasteiger partial charge in [-0.15, -0.1) is 0 Å². The minimum atomic E-state index is -3.28. The van der Waals surface area contributed by atoms with E-state index in [4.69, 9.17) is 4.74 Å². The topological polar surface area (TPSA) is 92.8 Å². The number of carbonyl (C=O) groups excluding carboxylic acids is 2. The first-order valence-electron chi connectivity index (χ1n) is 9.26. The van der Waals surface area contributed by atoms with Crippen LogP contribution in [0.5, 0.6) is 5.75 Å². The SMILES string of the molecule is COc1cccc(CNC(=O)C(CCS(C)(=O)=O)N2Cc3ccccc3C2=O)c1. The van der Waals surface area contributed by atoms with Crippen molar-refractivity contribution in [3.8, 4) is 5.75 Å². The van der Waals surface area contributed by atoms with Crippen molar-refractivity contribution in [3.05, 3.63) is 65.2 Å². The summed E-state index contributed by atoms with van der Waals surface area (Å²) in [5.74, 6) is -0.131. The molecule has 154 valence electrons. The summed E-state index contributed by atoms with van der Waals surface area (Å²) in [6.45, 7) is 0.538. The van der Waals surface area contributed by atoms with E-state index in [1.165, 1.54) is 4.90 Å². The van der Waals surface area contributed by atoms with Crippen molar-refractivity contribution in [3.63, 3.8) is 0 Å². The van der Waals surface area contributed by atoms with Crippen LogP contribution in [0.3, 0.4) is 0 Å². The van der Waals surface area contributed by atoms with Crippen LogP contribution < -0.4 is 10.1 Å². The highest BCUT2D eigenvalue weighted by atomic mass is 32.2. The lowest BCUT2D eigenvalue weighted by molar-refractivity contribution is -0.126. The zero-order valence-electron chi connectivity index (χ0n) is 16.4. The van der Waals surface area contributed by atoms with E-state index < -0.39 is 15.9 Å². The smallest absolute Gasteiger partial charge is 0.255 e. The van der Waals surface area contributed by atoms with Crippen molar-refractivity contribution in [2.24, 2.45) is 0 Å². The lowest BCUT2D eigenvalue weighted by atomic mass is 10.1. The Bertz CT molecular complexity index is 1020. The molecule has 1 unspecified atom stereocenters. The van der Waals surface area contributed by atoms with Crippen molar-refractivity contribution in [2.75, 3.05) is 19.1 Å². The Hall–Kier alpha value is -2.87. The van der Waals surface area contributed by atoms with Crippen LogP contribution in [0.1, 0.15) is 27.9 Å². The van der Waals surface area contributed by atoms with Crippen molar-refractivity contribution in [2.45, 2.75) is 25.6 Å². The van der Waals surface area contributed by atoms with Crippen molar-refractivity contribution >= 4 is 21.7 Å². The number of rotatable bonds is 8. The van der Waals surface area contributed by atoms with Crippen molar-refractivity contribution in [1.82, 2.24) is 10.2 Å². The molecule has 7 nitrogen and oxygen atoms in total. The van der Waals surface area contributed by atoms with Crippen LogP contribution in [0.4, 0.5) is 0 Å². The molecule has 0 fully saturated rings. The third-order valence-corrected chi connectivity index (χ3v) is 5.87. The minimum absolute atomic E-state index is 0.0442. The molecule has 0 aromatic heterocycles. The van der Waals surface area contributed by atoms with E-state index in [-0.39, 0.29) is 37.1 Å². The van der Waals surface area contributed by atoms with Crippen LogP contribution in [0.15, 0.2) is 48.5 Å². The number of hydrogen-bond acceptors (Lipinski definition) is 5. The molecule has 0 radical (unpaired) electrons. The molecule has 0 aliphatic carbocycles. The molecule has 2 aromatic rings. The molecule has 0 spiro atoms. The van der Waals surface area contributed by atoms with E-state index in [9.17, 15) is 18.0 Å². The van der Waals surface area contributed by atoms with Crippen molar-refractivity contribution in [1.29, 1.82) is 0 Å². The Morgan fingerprint density at radius 1 is 1.21 bits per heavy atom. The molecular weight excluding hydrogens is 392 g/mol. The number of amides is 2. The van der Waals surface area contributed by atoms with Crippen LogP contribution in [0.2, 0.25) is 0 Å². The number of fused-ring (bicyclic) bond motifs is 1. The first-order chi connectivity index (χ1) is 13.8. The molecule has 2 amide bonds. The lowest BCUT2D eigenvalue weighted by Gasteiger charge is -2.27. The van der Waals surface area contributed by atoms with Crippen LogP contribution in [0, 0.1) is 0 Å². The monoisotopic (exact) mass is 416 g/mol. The summed E-state index contributed by atoms with van der Waals surface area (Å²) in [5, 5.41) is 2.83. The van der Waals surface area contributed by atoms with Crippen molar-refractivity contribution < 1.29 is 22.7 Å². The van der Waals surface area contributed by atoms with Gasteiger partial charge in [0.05, 0.1) is 12.9 Å². The Labute approximate surface area is 170 Å². The summed E-state index contributed by atoms with van der Waals surface area (Å²) in [6, 6.07) is 13.6. The summed E-state index contributed by atoms with van der Waals surface area (Å²) in [4.78, 5) is 27.2. The zero-order chi connectivity index (χ0) is 21.0. The third-order valence-electron chi connectivity index (χ3n) is 4.89.